The quantitative estimate of drug-likeness (QED) is 0.512. The number of rotatable bonds is 10. The van der Waals surface area contributed by atoms with Gasteiger partial charge in [0.1, 0.15) is 0 Å². The maximum atomic E-state index is 12.2. The molecule has 1 N–H and O–H groups in total. The van der Waals surface area contributed by atoms with Gasteiger partial charge in [0.2, 0.25) is 11.8 Å². The van der Waals surface area contributed by atoms with Crippen molar-refractivity contribution in [3.63, 3.8) is 0 Å². The first-order chi connectivity index (χ1) is 12.5. The predicted octanol–water partition coefficient (Wildman–Crippen LogP) is 3.67. The summed E-state index contributed by atoms with van der Waals surface area (Å²) >= 11 is 0. The first-order valence-electron chi connectivity index (χ1n) is 9.67. The van der Waals surface area contributed by atoms with Gasteiger partial charge in [0, 0.05) is 24.9 Å². The third-order valence-electron chi connectivity index (χ3n) is 4.71. The Balaban J connectivity index is 1.69. The van der Waals surface area contributed by atoms with Gasteiger partial charge in [-0.2, -0.15) is 0 Å². The molecule has 3 amide bonds. The molecule has 0 aromatic heterocycles. The molecule has 5 nitrogen and oxygen atoms in total. The predicted molar refractivity (Wildman–Crippen MR) is 101 cm³/mol. The van der Waals surface area contributed by atoms with E-state index in [1.165, 1.54) is 24.2 Å². The van der Waals surface area contributed by atoms with Crippen LogP contribution in [0.15, 0.2) is 24.3 Å². The lowest BCUT2D eigenvalue weighted by atomic mass is 10.0. The van der Waals surface area contributed by atoms with E-state index in [2.05, 4.69) is 19.2 Å². The number of benzene rings is 1. The van der Waals surface area contributed by atoms with Crippen LogP contribution in [0.2, 0.25) is 0 Å². The fourth-order valence-corrected chi connectivity index (χ4v) is 3.08. The Bertz CT molecular complexity index is 607. The minimum atomic E-state index is -0.120. The lowest BCUT2D eigenvalue weighted by Crippen LogP contribution is -2.28. The van der Waals surface area contributed by atoms with Crippen LogP contribution in [0, 0.1) is 5.92 Å². The summed E-state index contributed by atoms with van der Waals surface area (Å²) in [6.45, 7) is 5.47. The van der Waals surface area contributed by atoms with Crippen LogP contribution in [0.3, 0.4) is 0 Å². The van der Waals surface area contributed by atoms with E-state index in [4.69, 9.17) is 0 Å². The van der Waals surface area contributed by atoms with Crippen molar-refractivity contribution in [2.45, 2.75) is 65.3 Å². The van der Waals surface area contributed by atoms with Crippen molar-refractivity contribution in [3.05, 3.63) is 35.4 Å². The zero-order valence-corrected chi connectivity index (χ0v) is 15.9. The number of nitrogens with zero attached hydrogens (tertiary/aromatic N) is 1. The number of nitrogens with one attached hydrogen (secondary N) is 1. The lowest BCUT2D eigenvalue weighted by molar-refractivity contribution is -0.139. The van der Waals surface area contributed by atoms with Crippen LogP contribution in [0.5, 0.6) is 0 Å². The number of hydrogen-bond acceptors (Lipinski definition) is 3. The highest BCUT2D eigenvalue weighted by molar-refractivity contribution is 6.01. The Morgan fingerprint density at radius 2 is 1.62 bits per heavy atom. The second-order valence-electron chi connectivity index (χ2n) is 7.42. The van der Waals surface area contributed by atoms with Crippen LogP contribution in [0.1, 0.15) is 74.7 Å². The van der Waals surface area contributed by atoms with E-state index in [1.54, 1.807) is 24.3 Å². The molecule has 0 saturated carbocycles. The van der Waals surface area contributed by atoms with Crippen molar-refractivity contribution in [1.82, 2.24) is 10.2 Å². The summed E-state index contributed by atoms with van der Waals surface area (Å²) in [5, 5.41) is 2.95. The van der Waals surface area contributed by atoms with Crippen molar-refractivity contribution in [2.24, 2.45) is 5.92 Å². The summed E-state index contributed by atoms with van der Waals surface area (Å²) < 4.78 is 0. The van der Waals surface area contributed by atoms with Crippen LogP contribution in [0.25, 0.3) is 0 Å². The first-order valence-corrected chi connectivity index (χ1v) is 9.67. The van der Waals surface area contributed by atoms with E-state index in [9.17, 15) is 14.4 Å². The molecule has 0 bridgehead atoms. The molecule has 0 radical (unpaired) electrons. The van der Waals surface area contributed by atoms with Gasteiger partial charge in [0.05, 0.1) is 6.54 Å². The van der Waals surface area contributed by atoms with Crippen LogP contribution in [0.4, 0.5) is 0 Å². The van der Waals surface area contributed by atoms with E-state index in [1.807, 2.05) is 0 Å². The molecule has 142 valence electrons. The van der Waals surface area contributed by atoms with Gasteiger partial charge in [-0.05, 0) is 30.0 Å². The average Bonchev–Trinajstić information content (AvgIpc) is 2.93. The minimum Gasteiger partial charge on any atom is -0.352 e. The third kappa shape index (κ3) is 6.28. The maximum absolute atomic E-state index is 12.2. The Morgan fingerprint density at radius 3 is 2.23 bits per heavy atom. The number of likely N-dealkylation sites (tertiary alicyclic amines) is 1. The number of amides is 3. The molecule has 1 aromatic carbocycles. The zero-order chi connectivity index (χ0) is 18.9. The fourth-order valence-electron chi connectivity index (χ4n) is 3.08. The minimum absolute atomic E-state index is 0.0768. The van der Waals surface area contributed by atoms with Crippen LogP contribution < -0.4 is 5.32 Å². The lowest BCUT2D eigenvalue weighted by Gasteiger charge is -2.14. The van der Waals surface area contributed by atoms with Crippen molar-refractivity contribution >= 4 is 17.7 Å². The number of carbonyl (C=O) groups is 3. The van der Waals surface area contributed by atoms with E-state index in [0.717, 1.165) is 24.3 Å². The van der Waals surface area contributed by atoms with Gasteiger partial charge in [0.25, 0.3) is 5.91 Å². The number of unbranched alkanes of at least 4 members (excludes halogenated alkanes) is 3. The second kappa shape index (κ2) is 10.1. The van der Waals surface area contributed by atoms with Gasteiger partial charge in [-0.1, -0.05) is 51.7 Å². The monoisotopic (exact) mass is 358 g/mol. The summed E-state index contributed by atoms with van der Waals surface area (Å²) in [5.41, 5.74) is 1.46. The smallest absolute Gasteiger partial charge is 0.251 e. The SMILES string of the molecule is CC(C)CCCCCCNC(=O)c1ccc(CN2C(=O)CCC2=O)cc1. The van der Waals surface area contributed by atoms with E-state index >= 15 is 0 Å². The molecule has 2 rings (SSSR count). The van der Waals surface area contributed by atoms with Gasteiger partial charge in [-0.3, -0.25) is 19.3 Å². The number of imide groups is 1. The highest BCUT2D eigenvalue weighted by Crippen LogP contribution is 2.16. The Hall–Kier alpha value is -2.17. The van der Waals surface area contributed by atoms with Gasteiger partial charge >= 0.3 is 0 Å². The van der Waals surface area contributed by atoms with E-state index < -0.39 is 0 Å². The molecule has 1 aliphatic rings. The molecule has 1 saturated heterocycles. The molecule has 1 fully saturated rings. The molecule has 0 unspecified atom stereocenters. The van der Waals surface area contributed by atoms with Crippen LogP contribution in [-0.4, -0.2) is 29.2 Å². The standard InChI is InChI=1S/C21H30N2O3/c1-16(2)7-5-3-4-6-14-22-21(26)18-10-8-17(9-11-18)15-23-19(24)12-13-20(23)25/h8-11,16H,3-7,12-15H2,1-2H3,(H,22,26). The molecular formula is C21H30N2O3. The normalized spacial score (nSPS) is 14.3. The average molecular weight is 358 g/mol. The highest BCUT2D eigenvalue weighted by Gasteiger charge is 2.28. The van der Waals surface area contributed by atoms with E-state index in [-0.39, 0.29) is 24.3 Å². The molecule has 1 aromatic rings. The maximum Gasteiger partial charge on any atom is 0.251 e. The largest absolute Gasteiger partial charge is 0.352 e. The van der Waals surface area contributed by atoms with E-state index in [0.29, 0.717) is 24.9 Å². The fraction of sp³-hybridized carbons (Fsp3) is 0.571. The molecule has 0 atom stereocenters. The number of hydrogen-bond donors (Lipinski definition) is 1. The topological polar surface area (TPSA) is 66.5 Å². The molecule has 0 spiro atoms. The van der Waals surface area contributed by atoms with Gasteiger partial charge in [0.15, 0.2) is 0 Å². The number of carbonyl (C=O) groups excluding carboxylic acids is 3. The molecule has 1 heterocycles. The zero-order valence-electron chi connectivity index (χ0n) is 15.9. The van der Waals surface area contributed by atoms with Crippen LogP contribution >= 0.6 is 0 Å². The second-order valence-corrected chi connectivity index (χ2v) is 7.42. The Morgan fingerprint density at radius 1 is 1.00 bits per heavy atom. The summed E-state index contributed by atoms with van der Waals surface area (Å²) in [6, 6.07) is 7.11. The Labute approximate surface area is 156 Å². The summed E-state index contributed by atoms with van der Waals surface area (Å²) in [7, 11) is 0. The third-order valence-corrected chi connectivity index (χ3v) is 4.71. The van der Waals surface area contributed by atoms with Gasteiger partial charge in [-0.15, -0.1) is 0 Å². The molecule has 5 heteroatoms. The molecular weight excluding hydrogens is 328 g/mol. The first kappa shape index (κ1) is 20.1. The van der Waals surface area contributed by atoms with Gasteiger partial charge in [-0.25, -0.2) is 0 Å². The highest BCUT2D eigenvalue weighted by atomic mass is 16.2. The van der Waals surface area contributed by atoms with Gasteiger partial charge < -0.3 is 5.32 Å². The summed E-state index contributed by atoms with van der Waals surface area (Å²) in [6.07, 6.45) is 6.50. The van der Waals surface area contributed by atoms with Crippen molar-refractivity contribution < 1.29 is 14.4 Å². The molecule has 0 aliphatic carbocycles. The van der Waals surface area contributed by atoms with Crippen molar-refractivity contribution in [1.29, 1.82) is 0 Å². The van der Waals surface area contributed by atoms with Crippen LogP contribution in [-0.2, 0) is 16.1 Å². The van der Waals surface area contributed by atoms with Crippen molar-refractivity contribution in [3.8, 4) is 0 Å². The molecule has 1 aliphatic heterocycles. The summed E-state index contributed by atoms with van der Waals surface area (Å²) in [5.74, 6) is 0.446. The molecule has 26 heavy (non-hydrogen) atoms. The van der Waals surface area contributed by atoms with Crippen molar-refractivity contribution in [2.75, 3.05) is 6.54 Å². The Kier molecular flexibility index (Phi) is 7.82. The summed E-state index contributed by atoms with van der Waals surface area (Å²) in [4.78, 5) is 36.7.